The number of fused-ring (bicyclic) bond motifs is 1. The summed E-state index contributed by atoms with van der Waals surface area (Å²) in [7, 11) is 4.17. The first-order valence-electron chi connectivity index (χ1n) is 5.14. The zero-order chi connectivity index (χ0) is 11.0. The van der Waals surface area contributed by atoms with Crippen LogP contribution in [0.15, 0.2) is 6.33 Å². The summed E-state index contributed by atoms with van der Waals surface area (Å²) in [6.45, 7) is 0.971. The molecule has 1 aliphatic rings. The summed E-state index contributed by atoms with van der Waals surface area (Å²) in [5, 5.41) is 7.45. The summed E-state index contributed by atoms with van der Waals surface area (Å²) in [6, 6.07) is 0.535. The summed E-state index contributed by atoms with van der Waals surface area (Å²) in [5.41, 5.74) is 7.26. The van der Waals surface area contributed by atoms with Gasteiger partial charge in [0.25, 0.3) is 0 Å². The highest BCUT2D eigenvalue weighted by Gasteiger charge is 2.24. The van der Waals surface area contributed by atoms with Crippen LogP contribution < -0.4 is 5.73 Å². The molecule has 0 amide bonds. The minimum absolute atomic E-state index is 0.0724. The van der Waals surface area contributed by atoms with Crippen molar-refractivity contribution in [1.82, 2.24) is 14.5 Å². The number of aryl methyl sites for hydroxylation is 1. The Morgan fingerprint density at radius 3 is 3.00 bits per heavy atom. The van der Waals surface area contributed by atoms with Gasteiger partial charge in [-0.2, -0.15) is 0 Å². The second kappa shape index (κ2) is 3.66. The first-order valence-corrected chi connectivity index (χ1v) is 5.14. The number of nitrogen functional groups attached to an aromatic ring is 1. The number of nitrogens with one attached hydrogen (secondary N) is 1. The highest BCUT2D eigenvalue weighted by Crippen LogP contribution is 2.20. The van der Waals surface area contributed by atoms with E-state index in [1.165, 1.54) is 0 Å². The molecule has 0 spiro atoms. The van der Waals surface area contributed by atoms with Crippen LogP contribution in [-0.2, 0) is 13.0 Å². The van der Waals surface area contributed by atoms with E-state index in [9.17, 15) is 0 Å². The largest absolute Gasteiger partial charge is 0.382 e. The molecule has 82 valence electrons. The Morgan fingerprint density at radius 2 is 2.40 bits per heavy atom. The van der Waals surface area contributed by atoms with Crippen LogP contribution in [0.4, 0.5) is 0 Å². The fourth-order valence-electron chi connectivity index (χ4n) is 2.09. The van der Waals surface area contributed by atoms with Crippen molar-refractivity contribution in [2.45, 2.75) is 25.4 Å². The summed E-state index contributed by atoms with van der Waals surface area (Å²) < 4.78 is 2.11. The second-order valence-corrected chi connectivity index (χ2v) is 4.26. The number of amidine groups is 1. The van der Waals surface area contributed by atoms with Gasteiger partial charge in [0, 0.05) is 24.7 Å². The lowest BCUT2D eigenvalue weighted by molar-refractivity contribution is 0.245. The van der Waals surface area contributed by atoms with Crippen molar-refractivity contribution in [3.63, 3.8) is 0 Å². The van der Waals surface area contributed by atoms with Gasteiger partial charge in [0.1, 0.15) is 11.5 Å². The molecular formula is C10H17N5. The fourth-order valence-corrected chi connectivity index (χ4v) is 2.09. The van der Waals surface area contributed by atoms with Crippen LogP contribution in [0.5, 0.6) is 0 Å². The van der Waals surface area contributed by atoms with Gasteiger partial charge in [-0.15, -0.1) is 0 Å². The van der Waals surface area contributed by atoms with E-state index in [2.05, 4.69) is 28.5 Å². The molecule has 2 heterocycles. The molecule has 0 aromatic carbocycles. The lowest BCUT2D eigenvalue weighted by Crippen LogP contribution is -2.36. The van der Waals surface area contributed by atoms with Gasteiger partial charge < -0.3 is 15.2 Å². The molecule has 1 atom stereocenters. The van der Waals surface area contributed by atoms with E-state index in [0.717, 1.165) is 25.1 Å². The van der Waals surface area contributed by atoms with Gasteiger partial charge >= 0.3 is 0 Å². The number of aromatic nitrogens is 2. The molecular weight excluding hydrogens is 190 g/mol. The molecule has 0 radical (unpaired) electrons. The Labute approximate surface area is 89.4 Å². The van der Waals surface area contributed by atoms with Gasteiger partial charge in [-0.3, -0.25) is 5.41 Å². The minimum Gasteiger partial charge on any atom is -0.382 e. The molecule has 1 unspecified atom stereocenters. The van der Waals surface area contributed by atoms with E-state index in [0.29, 0.717) is 11.7 Å². The van der Waals surface area contributed by atoms with Gasteiger partial charge in [0.05, 0.1) is 6.33 Å². The standard InChI is InChI=1S/C10H17N5/c1-14(2)7-3-4-15-6-13-9(10(11)12)8(15)5-7/h6-7H,3-5H2,1-2H3,(H3,11,12). The van der Waals surface area contributed by atoms with E-state index in [4.69, 9.17) is 11.1 Å². The molecule has 0 bridgehead atoms. The van der Waals surface area contributed by atoms with E-state index < -0.39 is 0 Å². The van der Waals surface area contributed by atoms with Gasteiger partial charge in [0.2, 0.25) is 0 Å². The number of nitrogens with zero attached hydrogens (tertiary/aromatic N) is 3. The SMILES string of the molecule is CN(C)C1CCn2cnc(C(=N)N)c2C1. The van der Waals surface area contributed by atoms with Gasteiger partial charge in [0.15, 0.2) is 0 Å². The summed E-state index contributed by atoms with van der Waals surface area (Å²) in [4.78, 5) is 6.41. The molecule has 0 aliphatic carbocycles. The molecule has 1 aromatic heterocycles. The predicted octanol–water partition coefficient (Wildman–Crippen LogP) is 0.0436. The molecule has 5 nitrogen and oxygen atoms in total. The van der Waals surface area contributed by atoms with Crippen LogP contribution in [-0.4, -0.2) is 40.4 Å². The summed E-state index contributed by atoms with van der Waals surface area (Å²) >= 11 is 0. The van der Waals surface area contributed by atoms with Crippen LogP contribution in [0.1, 0.15) is 17.8 Å². The van der Waals surface area contributed by atoms with E-state index in [1.807, 2.05) is 0 Å². The Hall–Kier alpha value is -1.36. The summed E-state index contributed by atoms with van der Waals surface area (Å²) in [5.74, 6) is 0.0724. The third-order valence-corrected chi connectivity index (χ3v) is 3.06. The average Bonchev–Trinajstić information content (AvgIpc) is 2.59. The molecule has 0 saturated heterocycles. The quantitative estimate of drug-likeness (QED) is 0.531. The third kappa shape index (κ3) is 1.74. The highest BCUT2D eigenvalue weighted by molar-refractivity contribution is 5.94. The maximum Gasteiger partial charge on any atom is 0.143 e. The molecule has 15 heavy (non-hydrogen) atoms. The lowest BCUT2D eigenvalue weighted by Gasteiger charge is -2.29. The van der Waals surface area contributed by atoms with Crippen molar-refractivity contribution in [3.05, 3.63) is 17.7 Å². The number of rotatable bonds is 2. The highest BCUT2D eigenvalue weighted by atomic mass is 15.1. The first-order chi connectivity index (χ1) is 7.09. The second-order valence-electron chi connectivity index (χ2n) is 4.26. The molecule has 2 rings (SSSR count). The van der Waals surface area contributed by atoms with Crippen LogP contribution in [0, 0.1) is 5.41 Å². The Balaban J connectivity index is 2.30. The van der Waals surface area contributed by atoms with Crippen molar-refractivity contribution in [3.8, 4) is 0 Å². The zero-order valence-corrected chi connectivity index (χ0v) is 9.20. The first kappa shape index (κ1) is 10.2. The number of imidazole rings is 1. The van der Waals surface area contributed by atoms with E-state index >= 15 is 0 Å². The van der Waals surface area contributed by atoms with E-state index in [-0.39, 0.29) is 5.84 Å². The van der Waals surface area contributed by atoms with Crippen molar-refractivity contribution in [2.24, 2.45) is 5.73 Å². The van der Waals surface area contributed by atoms with Crippen LogP contribution in [0.25, 0.3) is 0 Å². The third-order valence-electron chi connectivity index (χ3n) is 3.06. The normalized spacial score (nSPS) is 20.3. The van der Waals surface area contributed by atoms with Gasteiger partial charge in [-0.05, 0) is 20.5 Å². The van der Waals surface area contributed by atoms with Crippen LogP contribution in [0.2, 0.25) is 0 Å². The average molecular weight is 207 g/mol. The maximum atomic E-state index is 7.45. The smallest absolute Gasteiger partial charge is 0.143 e. The van der Waals surface area contributed by atoms with Crippen molar-refractivity contribution >= 4 is 5.84 Å². The number of hydrogen-bond donors (Lipinski definition) is 2. The molecule has 0 fully saturated rings. The topological polar surface area (TPSA) is 70.9 Å². The lowest BCUT2D eigenvalue weighted by atomic mass is 10.0. The molecule has 1 aromatic rings. The van der Waals surface area contributed by atoms with Crippen molar-refractivity contribution in [1.29, 1.82) is 5.41 Å². The molecule has 1 aliphatic heterocycles. The predicted molar refractivity (Wildman–Crippen MR) is 59.0 cm³/mol. The van der Waals surface area contributed by atoms with E-state index in [1.54, 1.807) is 6.33 Å². The number of likely N-dealkylation sites (N-methyl/N-ethyl adjacent to an activating group) is 1. The Bertz CT molecular complexity index is 379. The van der Waals surface area contributed by atoms with Gasteiger partial charge in [-0.25, -0.2) is 4.98 Å². The molecule has 0 saturated carbocycles. The van der Waals surface area contributed by atoms with Gasteiger partial charge in [-0.1, -0.05) is 0 Å². The van der Waals surface area contributed by atoms with Crippen LogP contribution >= 0.6 is 0 Å². The minimum atomic E-state index is 0.0724. The Morgan fingerprint density at radius 1 is 1.67 bits per heavy atom. The number of nitrogens with two attached hydrogens (primary N) is 1. The summed E-state index contributed by atoms with van der Waals surface area (Å²) in [6.07, 6.45) is 3.85. The monoisotopic (exact) mass is 207 g/mol. The molecule has 5 heteroatoms. The number of hydrogen-bond acceptors (Lipinski definition) is 3. The zero-order valence-electron chi connectivity index (χ0n) is 9.20. The fraction of sp³-hybridized carbons (Fsp3) is 0.600. The Kier molecular flexibility index (Phi) is 2.48. The molecule has 3 N–H and O–H groups in total. The van der Waals surface area contributed by atoms with Crippen molar-refractivity contribution in [2.75, 3.05) is 14.1 Å². The maximum absolute atomic E-state index is 7.45. The van der Waals surface area contributed by atoms with Crippen LogP contribution in [0.3, 0.4) is 0 Å². The van der Waals surface area contributed by atoms with Crippen molar-refractivity contribution < 1.29 is 0 Å².